The van der Waals surface area contributed by atoms with Gasteiger partial charge in [-0.25, -0.2) is 4.79 Å². The number of urea groups is 1. The molecule has 2 aliphatic rings. The van der Waals surface area contributed by atoms with Crippen LogP contribution in [0.15, 0.2) is 0 Å². The molecule has 0 aromatic heterocycles. The van der Waals surface area contributed by atoms with Crippen LogP contribution in [0.3, 0.4) is 0 Å². The predicted octanol–water partition coefficient (Wildman–Crippen LogP) is 2.85. The molecule has 1 heterocycles. The number of carboxylic acids is 1. The number of nitrogens with one attached hydrogen (secondary N) is 1. The molecule has 5 heteroatoms. The highest BCUT2D eigenvalue weighted by atomic mass is 16.4. The summed E-state index contributed by atoms with van der Waals surface area (Å²) in [5.74, 6) is -0.580. The van der Waals surface area contributed by atoms with Gasteiger partial charge in [-0.3, -0.25) is 4.79 Å². The Morgan fingerprint density at radius 3 is 2.67 bits per heavy atom. The van der Waals surface area contributed by atoms with Gasteiger partial charge in [-0.15, -0.1) is 0 Å². The molecule has 1 aliphatic carbocycles. The van der Waals surface area contributed by atoms with E-state index in [0.717, 1.165) is 51.6 Å². The first-order valence-corrected chi connectivity index (χ1v) is 8.40. The van der Waals surface area contributed by atoms with Crippen molar-refractivity contribution in [2.24, 2.45) is 11.8 Å². The van der Waals surface area contributed by atoms with Crippen LogP contribution in [0.2, 0.25) is 0 Å². The van der Waals surface area contributed by atoms with Crippen LogP contribution < -0.4 is 5.32 Å². The molecule has 0 radical (unpaired) electrons. The number of carbonyl (C=O) groups excluding carboxylic acids is 1. The standard InChI is InChI=1S/C16H28N2O3/c1-2-6-12-9-10-18(11-12)16(21)17-14-8-5-3-4-7-13(14)15(19)20/h12-14H,2-11H2,1H3,(H,17,21)(H,19,20). The van der Waals surface area contributed by atoms with Gasteiger partial charge in [0, 0.05) is 19.1 Å². The van der Waals surface area contributed by atoms with Crippen molar-refractivity contribution in [2.45, 2.75) is 64.3 Å². The van der Waals surface area contributed by atoms with Crippen molar-refractivity contribution >= 4 is 12.0 Å². The first-order valence-electron chi connectivity index (χ1n) is 8.40. The van der Waals surface area contributed by atoms with E-state index in [-0.39, 0.29) is 12.1 Å². The molecule has 1 saturated heterocycles. The zero-order valence-corrected chi connectivity index (χ0v) is 13.0. The molecular weight excluding hydrogens is 268 g/mol. The fourth-order valence-electron chi connectivity index (χ4n) is 3.69. The van der Waals surface area contributed by atoms with Gasteiger partial charge in [0.15, 0.2) is 0 Å². The van der Waals surface area contributed by atoms with Crippen LogP contribution >= 0.6 is 0 Å². The molecule has 2 amide bonds. The number of carboxylic acid groups (broad SMARTS) is 1. The van der Waals surface area contributed by atoms with Gasteiger partial charge in [0.2, 0.25) is 0 Å². The Bertz CT molecular complexity index is 373. The normalized spacial score (nSPS) is 30.0. The summed E-state index contributed by atoms with van der Waals surface area (Å²) in [5.41, 5.74) is 0. The van der Waals surface area contributed by atoms with Gasteiger partial charge in [-0.1, -0.05) is 32.6 Å². The van der Waals surface area contributed by atoms with Gasteiger partial charge in [0.25, 0.3) is 0 Å². The first-order chi connectivity index (χ1) is 10.1. The molecule has 0 aromatic carbocycles. The summed E-state index contributed by atoms with van der Waals surface area (Å²) >= 11 is 0. The third kappa shape index (κ3) is 4.35. The van der Waals surface area contributed by atoms with Crippen molar-refractivity contribution < 1.29 is 14.7 Å². The molecule has 0 aromatic rings. The lowest BCUT2D eigenvalue weighted by atomic mass is 9.95. The zero-order valence-electron chi connectivity index (χ0n) is 13.0. The summed E-state index contributed by atoms with van der Waals surface area (Å²) in [7, 11) is 0. The monoisotopic (exact) mass is 296 g/mol. The van der Waals surface area contributed by atoms with Crippen LogP contribution in [0.1, 0.15) is 58.3 Å². The highest BCUT2D eigenvalue weighted by Crippen LogP contribution is 2.25. The van der Waals surface area contributed by atoms with Gasteiger partial charge in [-0.05, 0) is 31.6 Å². The summed E-state index contributed by atoms with van der Waals surface area (Å²) in [6.45, 7) is 3.80. The number of nitrogens with zero attached hydrogens (tertiary/aromatic N) is 1. The first kappa shape index (κ1) is 16.1. The van der Waals surface area contributed by atoms with Crippen LogP contribution in [0.5, 0.6) is 0 Å². The van der Waals surface area contributed by atoms with Crippen LogP contribution in [0.25, 0.3) is 0 Å². The minimum atomic E-state index is -0.771. The largest absolute Gasteiger partial charge is 0.481 e. The Morgan fingerprint density at radius 2 is 1.95 bits per heavy atom. The number of carbonyl (C=O) groups is 2. The topological polar surface area (TPSA) is 69.6 Å². The van der Waals surface area contributed by atoms with Crippen molar-refractivity contribution in [3.05, 3.63) is 0 Å². The van der Waals surface area contributed by atoms with Gasteiger partial charge >= 0.3 is 12.0 Å². The summed E-state index contributed by atoms with van der Waals surface area (Å²) in [4.78, 5) is 25.6. The van der Waals surface area contributed by atoms with Crippen LogP contribution in [-0.4, -0.2) is 41.1 Å². The van der Waals surface area contributed by atoms with Gasteiger partial charge in [0.1, 0.15) is 0 Å². The highest BCUT2D eigenvalue weighted by Gasteiger charge is 2.33. The van der Waals surface area contributed by atoms with E-state index in [1.807, 2.05) is 4.90 Å². The number of rotatable bonds is 4. The molecule has 3 atom stereocenters. The Labute approximate surface area is 127 Å². The number of hydrogen-bond acceptors (Lipinski definition) is 2. The van der Waals surface area contributed by atoms with E-state index in [2.05, 4.69) is 12.2 Å². The SMILES string of the molecule is CCCC1CCN(C(=O)NC2CCCCCC2C(=O)O)C1. The Balaban J connectivity index is 1.89. The molecule has 2 rings (SSSR count). The van der Waals surface area contributed by atoms with E-state index in [1.54, 1.807) is 0 Å². The molecule has 1 aliphatic heterocycles. The lowest BCUT2D eigenvalue weighted by Crippen LogP contribution is -2.48. The maximum Gasteiger partial charge on any atom is 0.317 e. The molecule has 5 nitrogen and oxygen atoms in total. The maximum atomic E-state index is 12.4. The van der Waals surface area contributed by atoms with E-state index in [1.165, 1.54) is 6.42 Å². The fourth-order valence-corrected chi connectivity index (χ4v) is 3.69. The third-order valence-corrected chi connectivity index (χ3v) is 4.91. The van der Waals surface area contributed by atoms with E-state index in [9.17, 15) is 14.7 Å². The lowest BCUT2D eigenvalue weighted by molar-refractivity contribution is -0.142. The minimum Gasteiger partial charge on any atom is -0.481 e. The van der Waals surface area contributed by atoms with Gasteiger partial charge < -0.3 is 15.3 Å². The summed E-state index contributed by atoms with van der Waals surface area (Å²) in [6, 6.07) is -0.269. The number of likely N-dealkylation sites (tertiary alicyclic amines) is 1. The van der Waals surface area contributed by atoms with Crippen molar-refractivity contribution in [1.29, 1.82) is 0 Å². The van der Waals surface area contributed by atoms with E-state index in [0.29, 0.717) is 12.3 Å². The highest BCUT2D eigenvalue weighted by molar-refractivity contribution is 5.77. The molecule has 2 N–H and O–H groups in total. The second-order valence-corrected chi connectivity index (χ2v) is 6.53. The minimum absolute atomic E-state index is 0.0632. The molecule has 120 valence electrons. The third-order valence-electron chi connectivity index (χ3n) is 4.91. The molecule has 21 heavy (non-hydrogen) atoms. The van der Waals surface area contributed by atoms with Crippen molar-refractivity contribution in [2.75, 3.05) is 13.1 Å². The fraction of sp³-hybridized carbons (Fsp3) is 0.875. The van der Waals surface area contributed by atoms with Gasteiger partial charge in [0.05, 0.1) is 5.92 Å². The van der Waals surface area contributed by atoms with Crippen LogP contribution in [-0.2, 0) is 4.79 Å². The molecule has 3 unspecified atom stereocenters. The average Bonchev–Trinajstić information content (AvgIpc) is 2.78. The molecule has 2 fully saturated rings. The molecular formula is C16H28N2O3. The van der Waals surface area contributed by atoms with Crippen molar-refractivity contribution in [1.82, 2.24) is 10.2 Å². The number of aliphatic carboxylic acids is 1. The Kier molecular flexibility index (Phi) is 5.88. The molecule has 0 bridgehead atoms. The second kappa shape index (κ2) is 7.66. The van der Waals surface area contributed by atoms with E-state index in [4.69, 9.17) is 0 Å². The van der Waals surface area contributed by atoms with Crippen LogP contribution in [0, 0.1) is 11.8 Å². The maximum absolute atomic E-state index is 12.4. The van der Waals surface area contributed by atoms with Crippen molar-refractivity contribution in [3.8, 4) is 0 Å². The second-order valence-electron chi connectivity index (χ2n) is 6.53. The summed E-state index contributed by atoms with van der Waals surface area (Å²) in [6.07, 6.45) is 7.90. The Hall–Kier alpha value is -1.26. The predicted molar refractivity (Wildman–Crippen MR) is 81.1 cm³/mol. The van der Waals surface area contributed by atoms with Gasteiger partial charge in [-0.2, -0.15) is 0 Å². The lowest BCUT2D eigenvalue weighted by Gasteiger charge is -2.26. The quantitative estimate of drug-likeness (QED) is 0.784. The molecule has 0 spiro atoms. The average molecular weight is 296 g/mol. The summed E-state index contributed by atoms with van der Waals surface area (Å²) in [5, 5.41) is 12.4. The summed E-state index contributed by atoms with van der Waals surface area (Å²) < 4.78 is 0. The number of hydrogen-bond donors (Lipinski definition) is 2. The van der Waals surface area contributed by atoms with E-state index >= 15 is 0 Å². The smallest absolute Gasteiger partial charge is 0.317 e. The molecule has 1 saturated carbocycles. The number of amides is 2. The van der Waals surface area contributed by atoms with E-state index < -0.39 is 11.9 Å². The Morgan fingerprint density at radius 1 is 1.19 bits per heavy atom. The zero-order chi connectivity index (χ0) is 15.2. The van der Waals surface area contributed by atoms with Crippen molar-refractivity contribution in [3.63, 3.8) is 0 Å². The van der Waals surface area contributed by atoms with Crippen LogP contribution in [0.4, 0.5) is 4.79 Å².